The Morgan fingerprint density at radius 3 is 2.44 bits per heavy atom. The first kappa shape index (κ1) is 13.3. The standard InChI is InChI=1S/C14H21NO3/c1-14(16,11-15-7-9-18-10-8-15)12-3-5-13(17-2)6-4-12/h3-6,16H,7-11H2,1-2H3/t14-/m1/s1. The molecule has 1 aromatic rings. The molecule has 1 aliphatic heterocycles. The third kappa shape index (κ3) is 3.22. The van der Waals surface area contributed by atoms with Crippen molar-refractivity contribution >= 4 is 0 Å². The Kier molecular flexibility index (Phi) is 4.22. The van der Waals surface area contributed by atoms with Gasteiger partial charge in [0.2, 0.25) is 0 Å². The van der Waals surface area contributed by atoms with Gasteiger partial charge in [-0.3, -0.25) is 4.90 Å². The van der Waals surface area contributed by atoms with Gasteiger partial charge in [-0.15, -0.1) is 0 Å². The van der Waals surface area contributed by atoms with Gasteiger partial charge in [-0.05, 0) is 24.6 Å². The third-order valence-corrected chi connectivity index (χ3v) is 3.35. The number of ether oxygens (including phenoxy) is 2. The van der Waals surface area contributed by atoms with Gasteiger partial charge in [0.15, 0.2) is 0 Å². The fourth-order valence-electron chi connectivity index (χ4n) is 2.24. The summed E-state index contributed by atoms with van der Waals surface area (Å²) in [5.74, 6) is 0.806. The van der Waals surface area contributed by atoms with Crippen molar-refractivity contribution in [3.05, 3.63) is 29.8 Å². The second-order valence-corrected chi connectivity index (χ2v) is 4.89. The smallest absolute Gasteiger partial charge is 0.118 e. The molecule has 18 heavy (non-hydrogen) atoms. The van der Waals surface area contributed by atoms with Crippen LogP contribution in [-0.2, 0) is 10.3 Å². The van der Waals surface area contributed by atoms with E-state index in [4.69, 9.17) is 9.47 Å². The molecule has 4 nitrogen and oxygen atoms in total. The maximum Gasteiger partial charge on any atom is 0.118 e. The number of aliphatic hydroxyl groups is 1. The van der Waals surface area contributed by atoms with Gasteiger partial charge in [0.25, 0.3) is 0 Å². The molecular formula is C14H21NO3. The van der Waals surface area contributed by atoms with Crippen LogP contribution in [0.15, 0.2) is 24.3 Å². The van der Waals surface area contributed by atoms with Gasteiger partial charge < -0.3 is 14.6 Å². The van der Waals surface area contributed by atoms with Crippen molar-refractivity contribution in [2.24, 2.45) is 0 Å². The van der Waals surface area contributed by atoms with Gasteiger partial charge >= 0.3 is 0 Å². The second kappa shape index (κ2) is 5.69. The summed E-state index contributed by atoms with van der Waals surface area (Å²) in [7, 11) is 1.64. The summed E-state index contributed by atoms with van der Waals surface area (Å²) in [4.78, 5) is 2.23. The first-order valence-corrected chi connectivity index (χ1v) is 6.29. The predicted octanol–water partition coefficient (Wildman–Crippen LogP) is 1.23. The molecule has 1 N–H and O–H groups in total. The summed E-state index contributed by atoms with van der Waals surface area (Å²) < 4.78 is 10.4. The first-order valence-electron chi connectivity index (χ1n) is 6.29. The molecule has 0 unspecified atom stereocenters. The Morgan fingerprint density at radius 1 is 1.28 bits per heavy atom. The molecule has 0 amide bonds. The number of benzene rings is 1. The highest BCUT2D eigenvalue weighted by Gasteiger charge is 2.27. The van der Waals surface area contributed by atoms with Crippen LogP contribution in [-0.4, -0.2) is 50.0 Å². The van der Waals surface area contributed by atoms with Gasteiger partial charge in [-0.1, -0.05) is 12.1 Å². The lowest BCUT2D eigenvalue weighted by molar-refractivity contribution is -0.0254. The highest BCUT2D eigenvalue weighted by Crippen LogP contribution is 2.24. The van der Waals surface area contributed by atoms with E-state index in [2.05, 4.69) is 4.90 Å². The van der Waals surface area contributed by atoms with E-state index in [1.807, 2.05) is 31.2 Å². The maximum absolute atomic E-state index is 10.6. The average molecular weight is 251 g/mol. The van der Waals surface area contributed by atoms with E-state index < -0.39 is 5.60 Å². The van der Waals surface area contributed by atoms with Gasteiger partial charge in [-0.25, -0.2) is 0 Å². The molecule has 0 aliphatic carbocycles. The lowest BCUT2D eigenvalue weighted by atomic mass is 9.95. The summed E-state index contributed by atoms with van der Waals surface area (Å²) in [5, 5.41) is 10.6. The summed E-state index contributed by atoms with van der Waals surface area (Å²) >= 11 is 0. The topological polar surface area (TPSA) is 41.9 Å². The Balaban J connectivity index is 2.03. The van der Waals surface area contributed by atoms with Crippen LogP contribution in [0.2, 0.25) is 0 Å². The second-order valence-electron chi connectivity index (χ2n) is 4.89. The first-order chi connectivity index (χ1) is 8.62. The molecule has 1 atom stereocenters. The Morgan fingerprint density at radius 2 is 1.89 bits per heavy atom. The van der Waals surface area contributed by atoms with Gasteiger partial charge in [0.1, 0.15) is 5.75 Å². The molecule has 4 heteroatoms. The lowest BCUT2D eigenvalue weighted by Crippen LogP contribution is -2.44. The van der Waals surface area contributed by atoms with Crippen molar-refractivity contribution in [2.75, 3.05) is 40.0 Å². The summed E-state index contributed by atoms with van der Waals surface area (Å²) in [6.07, 6.45) is 0. The van der Waals surface area contributed by atoms with E-state index in [-0.39, 0.29) is 0 Å². The molecule has 1 heterocycles. The van der Waals surface area contributed by atoms with E-state index in [0.29, 0.717) is 6.54 Å². The largest absolute Gasteiger partial charge is 0.497 e. The minimum absolute atomic E-state index is 0.628. The molecule has 1 saturated heterocycles. The maximum atomic E-state index is 10.6. The summed E-state index contributed by atoms with van der Waals surface area (Å²) in [6.45, 7) is 5.74. The zero-order valence-electron chi connectivity index (χ0n) is 11.1. The molecular weight excluding hydrogens is 230 g/mol. The molecule has 0 aromatic heterocycles. The number of nitrogens with zero attached hydrogens (tertiary/aromatic N) is 1. The molecule has 0 radical (unpaired) electrons. The quantitative estimate of drug-likeness (QED) is 0.874. The minimum atomic E-state index is -0.844. The monoisotopic (exact) mass is 251 g/mol. The third-order valence-electron chi connectivity index (χ3n) is 3.35. The van der Waals surface area contributed by atoms with Crippen molar-refractivity contribution in [2.45, 2.75) is 12.5 Å². The SMILES string of the molecule is COc1ccc([C@](C)(O)CN2CCOCC2)cc1. The minimum Gasteiger partial charge on any atom is -0.497 e. The predicted molar refractivity (Wildman–Crippen MR) is 69.8 cm³/mol. The molecule has 100 valence electrons. The summed E-state index contributed by atoms with van der Waals surface area (Å²) in [5.41, 5.74) is 0.0682. The fraction of sp³-hybridized carbons (Fsp3) is 0.571. The van der Waals surface area contributed by atoms with Crippen LogP contribution in [0.3, 0.4) is 0 Å². The number of morpholine rings is 1. The van der Waals surface area contributed by atoms with Crippen molar-refractivity contribution in [1.29, 1.82) is 0 Å². The Bertz CT molecular complexity index is 369. The molecule has 1 aromatic carbocycles. The molecule has 0 saturated carbocycles. The fourth-order valence-corrected chi connectivity index (χ4v) is 2.24. The van der Waals surface area contributed by atoms with Crippen LogP contribution in [0.4, 0.5) is 0 Å². The van der Waals surface area contributed by atoms with Crippen molar-refractivity contribution in [3.63, 3.8) is 0 Å². The highest BCUT2D eigenvalue weighted by atomic mass is 16.5. The molecule has 0 spiro atoms. The number of rotatable bonds is 4. The van der Waals surface area contributed by atoms with Crippen LogP contribution >= 0.6 is 0 Å². The van der Waals surface area contributed by atoms with Crippen LogP contribution < -0.4 is 4.74 Å². The van der Waals surface area contributed by atoms with Crippen molar-refractivity contribution in [1.82, 2.24) is 4.90 Å². The number of hydrogen-bond donors (Lipinski definition) is 1. The molecule has 2 rings (SSSR count). The zero-order chi connectivity index (χ0) is 13.0. The lowest BCUT2D eigenvalue weighted by Gasteiger charge is -2.34. The highest BCUT2D eigenvalue weighted by molar-refractivity contribution is 5.30. The van der Waals surface area contributed by atoms with Crippen LogP contribution in [0.1, 0.15) is 12.5 Å². The van der Waals surface area contributed by atoms with Crippen LogP contribution in [0, 0.1) is 0 Å². The molecule has 1 aliphatic rings. The van der Waals surface area contributed by atoms with Crippen LogP contribution in [0.5, 0.6) is 5.75 Å². The van der Waals surface area contributed by atoms with Crippen molar-refractivity contribution in [3.8, 4) is 5.75 Å². The molecule has 1 fully saturated rings. The van der Waals surface area contributed by atoms with E-state index >= 15 is 0 Å². The summed E-state index contributed by atoms with van der Waals surface area (Å²) in [6, 6.07) is 7.59. The van der Waals surface area contributed by atoms with Gasteiger partial charge in [0.05, 0.1) is 25.9 Å². The van der Waals surface area contributed by atoms with E-state index in [0.717, 1.165) is 37.6 Å². The van der Waals surface area contributed by atoms with Crippen molar-refractivity contribution < 1.29 is 14.6 Å². The zero-order valence-corrected chi connectivity index (χ0v) is 11.1. The van der Waals surface area contributed by atoms with Crippen LogP contribution in [0.25, 0.3) is 0 Å². The van der Waals surface area contributed by atoms with E-state index in [9.17, 15) is 5.11 Å². The van der Waals surface area contributed by atoms with Gasteiger partial charge in [-0.2, -0.15) is 0 Å². The van der Waals surface area contributed by atoms with Gasteiger partial charge in [0, 0.05) is 19.6 Å². The normalized spacial score (nSPS) is 20.4. The number of β-amino-alcohol motifs (C(OH)–C–C–N with tert-alkyl or cyclic N) is 1. The Labute approximate surface area is 108 Å². The average Bonchev–Trinajstić information content (AvgIpc) is 2.39. The Hall–Kier alpha value is -1.10. The van der Waals surface area contributed by atoms with E-state index in [1.165, 1.54) is 0 Å². The number of hydrogen-bond acceptors (Lipinski definition) is 4. The molecule has 0 bridgehead atoms. The number of methoxy groups -OCH3 is 1. The van der Waals surface area contributed by atoms with E-state index in [1.54, 1.807) is 7.11 Å².